The van der Waals surface area contributed by atoms with Crippen molar-refractivity contribution in [3.8, 4) is 0 Å². The molecule has 1 saturated carbocycles. The molecule has 0 aliphatic heterocycles. The summed E-state index contributed by atoms with van der Waals surface area (Å²) in [6.45, 7) is 4.79. The highest BCUT2D eigenvalue weighted by Gasteiger charge is 2.31. The first-order valence-electron chi connectivity index (χ1n) is 6.91. The van der Waals surface area contributed by atoms with Crippen LogP contribution < -0.4 is 5.32 Å². The van der Waals surface area contributed by atoms with Gasteiger partial charge in [0.15, 0.2) is 0 Å². The van der Waals surface area contributed by atoms with Crippen LogP contribution in [0.25, 0.3) is 0 Å². The smallest absolute Gasteiger partial charge is 0.312 e. The summed E-state index contributed by atoms with van der Waals surface area (Å²) in [6, 6.07) is 0. The Kier molecular flexibility index (Phi) is 5.60. The molecule has 0 bridgehead atoms. The highest BCUT2D eigenvalue weighted by atomic mass is 16.5. The molecule has 0 heterocycles. The summed E-state index contributed by atoms with van der Waals surface area (Å²) in [5.41, 5.74) is -1.14. The second-order valence-electron chi connectivity index (χ2n) is 6.12. The molecule has 106 valence electrons. The summed E-state index contributed by atoms with van der Waals surface area (Å²) < 4.78 is 4.76. The lowest BCUT2D eigenvalue weighted by Crippen LogP contribution is -2.45. The van der Waals surface area contributed by atoms with Crippen molar-refractivity contribution < 1.29 is 14.6 Å². The highest BCUT2D eigenvalue weighted by Crippen LogP contribution is 2.26. The molecule has 1 fully saturated rings. The van der Waals surface area contributed by atoms with Crippen molar-refractivity contribution in [1.82, 2.24) is 5.32 Å². The van der Waals surface area contributed by atoms with Crippen LogP contribution in [0, 0.1) is 5.41 Å². The molecule has 1 rings (SSSR count). The summed E-state index contributed by atoms with van der Waals surface area (Å²) in [5, 5.41) is 13.7. The summed E-state index contributed by atoms with van der Waals surface area (Å²) in [6.07, 6.45) is 6.35. The van der Waals surface area contributed by atoms with Crippen LogP contribution >= 0.6 is 0 Å². The lowest BCUT2D eigenvalue weighted by molar-refractivity contribution is -0.150. The van der Waals surface area contributed by atoms with E-state index >= 15 is 0 Å². The van der Waals surface area contributed by atoms with Gasteiger partial charge in [0.05, 0.1) is 18.1 Å². The number of aliphatic hydroxyl groups is 1. The number of hydrogen-bond donors (Lipinski definition) is 2. The Bertz CT molecular complexity index is 268. The molecule has 2 N–H and O–H groups in total. The molecular formula is C14H27NO3. The lowest BCUT2D eigenvalue weighted by Gasteiger charge is -2.29. The van der Waals surface area contributed by atoms with Gasteiger partial charge in [0.25, 0.3) is 0 Å². The number of rotatable bonds is 5. The molecule has 0 saturated heterocycles. The zero-order valence-corrected chi connectivity index (χ0v) is 11.9. The maximum absolute atomic E-state index is 11.5. The van der Waals surface area contributed by atoms with Crippen LogP contribution in [0.15, 0.2) is 0 Å². The van der Waals surface area contributed by atoms with Gasteiger partial charge in [0.1, 0.15) is 0 Å². The monoisotopic (exact) mass is 257 g/mol. The number of hydrogen-bond acceptors (Lipinski definition) is 4. The average Bonchev–Trinajstić information content (AvgIpc) is 2.53. The molecule has 0 amide bonds. The second kappa shape index (κ2) is 6.53. The molecule has 4 nitrogen and oxygen atoms in total. The third-order valence-electron chi connectivity index (χ3n) is 3.79. The van der Waals surface area contributed by atoms with Crippen molar-refractivity contribution in [2.75, 3.05) is 20.2 Å². The predicted molar refractivity (Wildman–Crippen MR) is 71.3 cm³/mol. The molecule has 0 unspecified atom stereocenters. The molecule has 1 aliphatic carbocycles. The quantitative estimate of drug-likeness (QED) is 0.583. The Hall–Kier alpha value is -0.610. The Morgan fingerprint density at radius 2 is 1.83 bits per heavy atom. The molecule has 18 heavy (non-hydrogen) atoms. The number of carbonyl (C=O) groups is 1. The lowest BCUT2D eigenvalue weighted by atomic mass is 9.91. The van der Waals surface area contributed by atoms with Crippen molar-refractivity contribution in [3.05, 3.63) is 0 Å². The van der Waals surface area contributed by atoms with Gasteiger partial charge in [-0.15, -0.1) is 0 Å². The van der Waals surface area contributed by atoms with Gasteiger partial charge in [-0.25, -0.2) is 0 Å². The van der Waals surface area contributed by atoms with Crippen LogP contribution in [0.5, 0.6) is 0 Å². The molecule has 0 spiro atoms. The fourth-order valence-corrected chi connectivity index (χ4v) is 2.52. The van der Waals surface area contributed by atoms with Crippen molar-refractivity contribution in [3.63, 3.8) is 0 Å². The highest BCUT2D eigenvalue weighted by molar-refractivity contribution is 5.76. The maximum Gasteiger partial charge on any atom is 0.312 e. The van der Waals surface area contributed by atoms with E-state index < -0.39 is 11.0 Å². The van der Waals surface area contributed by atoms with Gasteiger partial charge < -0.3 is 15.2 Å². The molecule has 0 radical (unpaired) electrons. The minimum atomic E-state index is -0.595. The summed E-state index contributed by atoms with van der Waals surface area (Å²) in [7, 11) is 1.41. The average molecular weight is 257 g/mol. The first kappa shape index (κ1) is 15.4. The maximum atomic E-state index is 11.5. The second-order valence-corrected chi connectivity index (χ2v) is 6.12. The first-order valence-corrected chi connectivity index (χ1v) is 6.91. The Balaban J connectivity index is 2.38. The van der Waals surface area contributed by atoms with Gasteiger partial charge in [-0.05, 0) is 26.7 Å². The van der Waals surface area contributed by atoms with Crippen molar-refractivity contribution in [1.29, 1.82) is 0 Å². The zero-order valence-electron chi connectivity index (χ0n) is 11.9. The van der Waals surface area contributed by atoms with Gasteiger partial charge in [0, 0.05) is 13.1 Å². The van der Waals surface area contributed by atoms with Gasteiger partial charge in [0.2, 0.25) is 0 Å². The number of methoxy groups -OCH3 is 1. The Labute approximate surface area is 110 Å². The van der Waals surface area contributed by atoms with Crippen LogP contribution in [-0.2, 0) is 9.53 Å². The topological polar surface area (TPSA) is 58.6 Å². The van der Waals surface area contributed by atoms with Crippen molar-refractivity contribution in [2.45, 2.75) is 58.0 Å². The van der Waals surface area contributed by atoms with Gasteiger partial charge in [-0.1, -0.05) is 25.7 Å². The van der Waals surface area contributed by atoms with E-state index in [0.717, 1.165) is 25.7 Å². The minimum absolute atomic E-state index is 0.220. The zero-order chi connectivity index (χ0) is 13.6. The molecule has 0 aromatic heterocycles. The van der Waals surface area contributed by atoms with E-state index in [1.807, 2.05) is 13.8 Å². The number of ether oxygens (including phenoxy) is 1. The molecular weight excluding hydrogens is 230 g/mol. The Morgan fingerprint density at radius 3 is 2.33 bits per heavy atom. The van der Waals surface area contributed by atoms with Gasteiger partial charge >= 0.3 is 5.97 Å². The van der Waals surface area contributed by atoms with Crippen LogP contribution in [0.3, 0.4) is 0 Å². The number of carbonyl (C=O) groups excluding carboxylic acids is 1. The third kappa shape index (κ3) is 4.58. The van der Waals surface area contributed by atoms with E-state index in [1.165, 1.54) is 20.0 Å². The molecule has 4 heteroatoms. The summed E-state index contributed by atoms with van der Waals surface area (Å²) >= 11 is 0. The molecule has 1 aliphatic rings. The fraction of sp³-hybridized carbons (Fsp3) is 0.929. The molecule has 0 atom stereocenters. The van der Waals surface area contributed by atoms with Crippen molar-refractivity contribution in [2.24, 2.45) is 5.41 Å². The van der Waals surface area contributed by atoms with E-state index in [-0.39, 0.29) is 5.97 Å². The molecule has 0 aromatic carbocycles. The Morgan fingerprint density at radius 1 is 1.28 bits per heavy atom. The normalized spacial score (nSPS) is 20.2. The number of esters is 1. The fourth-order valence-electron chi connectivity index (χ4n) is 2.52. The van der Waals surface area contributed by atoms with Crippen LogP contribution in [-0.4, -0.2) is 36.9 Å². The van der Waals surface area contributed by atoms with E-state index in [0.29, 0.717) is 13.1 Å². The van der Waals surface area contributed by atoms with Gasteiger partial charge in [-0.3, -0.25) is 4.79 Å². The van der Waals surface area contributed by atoms with E-state index in [4.69, 9.17) is 4.74 Å². The van der Waals surface area contributed by atoms with Crippen LogP contribution in [0.1, 0.15) is 52.4 Å². The van der Waals surface area contributed by atoms with E-state index in [1.54, 1.807) is 0 Å². The van der Waals surface area contributed by atoms with E-state index in [9.17, 15) is 9.90 Å². The standard InChI is InChI=1S/C14H27NO3/c1-13(2,12(16)18-3)10-15-11-14(17)8-6-4-5-7-9-14/h15,17H,4-11H2,1-3H3. The molecule has 0 aromatic rings. The largest absolute Gasteiger partial charge is 0.469 e. The van der Waals surface area contributed by atoms with Crippen LogP contribution in [0.4, 0.5) is 0 Å². The predicted octanol–water partition coefficient (Wildman–Crippen LogP) is 1.86. The minimum Gasteiger partial charge on any atom is -0.469 e. The first-order chi connectivity index (χ1) is 8.40. The third-order valence-corrected chi connectivity index (χ3v) is 3.79. The van der Waals surface area contributed by atoms with Crippen molar-refractivity contribution >= 4 is 5.97 Å². The van der Waals surface area contributed by atoms with E-state index in [2.05, 4.69) is 5.32 Å². The summed E-state index contributed by atoms with van der Waals surface area (Å²) in [4.78, 5) is 11.5. The summed E-state index contributed by atoms with van der Waals surface area (Å²) in [5.74, 6) is -0.220. The SMILES string of the molecule is COC(=O)C(C)(C)CNCC1(O)CCCCCC1. The van der Waals surface area contributed by atoms with Crippen LogP contribution in [0.2, 0.25) is 0 Å². The number of nitrogens with one attached hydrogen (secondary N) is 1. The van der Waals surface area contributed by atoms with Gasteiger partial charge in [-0.2, -0.15) is 0 Å².